The smallest absolute Gasteiger partial charge is 0.179 e. The fourth-order valence-electron chi connectivity index (χ4n) is 3.14. The number of pyridine rings is 2. The number of ether oxygens (including phenoxy) is 2. The summed E-state index contributed by atoms with van der Waals surface area (Å²) in [4.78, 5) is 11.4. The van der Waals surface area contributed by atoms with Gasteiger partial charge in [0.1, 0.15) is 11.6 Å². The molecule has 146 valence electrons. The van der Waals surface area contributed by atoms with Gasteiger partial charge in [-0.1, -0.05) is 6.92 Å². The molecule has 3 heterocycles. The molecule has 7 heteroatoms. The van der Waals surface area contributed by atoms with E-state index in [2.05, 4.69) is 32.4 Å². The average molecular weight is 371 g/mol. The highest BCUT2D eigenvalue weighted by Gasteiger charge is 2.26. The molecule has 1 aliphatic rings. The molecule has 0 atom stereocenters. The zero-order valence-corrected chi connectivity index (χ0v) is 16.8. The normalized spacial score (nSPS) is 14.6. The summed E-state index contributed by atoms with van der Waals surface area (Å²) in [7, 11) is 3.49. The molecule has 0 aromatic carbocycles. The third-order valence-corrected chi connectivity index (χ3v) is 5.04. The van der Waals surface area contributed by atoms with Crippen LogP contribution in [0.4, 0.5) is 17.3 Å². The maximum atomic E-state index is 6.05. The van der Waals surface area contributed by atoms with Crippen LogP contribution in [0, 0.1) is 19.8 Å². The van der Waals surface area contributed by atoms with Crippen LogP contribution in [0.25, 0.3) is 0 Å². The van der Waals surface area contributed by atoms with Crippen molar-refractivity contribution in [3.63, 3.8) is 0 Å². The maximum absolute atomic E-state index is 6.05. The molecule has 2 N–H and O–H groups in total. The van der Waals surface area contributed by atoms with Gasteiger partial charge in [-0.25, -0.2) is 9.97 Å². The second-order valence-electron chi connectivity index (χ2n) is 6.89. The van der Waals surface area contributed by atoms with E-state index in [-0.39, 0.29) is 0 Å². The Kier molecular flexibility index (Phi) is 6.01. The van der Waals surface area contributed by atoms with E-state index in [1.807, 2.05) is 33.0 Å². The first-order valence-corrected chi connectivity index (χ1v) is 9.36. The fraction of sp³-hybridized carbons (Fsp3) is 0.500. The Labute approximate surface area is 161 Å². The van der Waals surface area contributed by atoms with Crippen molar-refractivity contribution in [3.05, 3.63) is 29.6 Å². The molecule has 0 bridgehead atoms. The Balaban J connectivity index is 1.74. The van der Waals surface area contributed by atoms with Gasteiger partial charge in [-0.05, 0) is 26.0 Å². The van der Waals surface area contributed by atoms with E-state index in [9.17, 15) is 0 Å². The number of rotatable bonds is 8. The summed E-state index contributed by atoms with van der Waals surface area (Å²) in [5.41, 5.74) is 3.02. The van der Waals surface area contributed by atoms with E-state index in [0.29, 0.717) is 29.8 Å². The first kappa shape index (κ1) is 19.2. The van der Waals surface area contributed by atoms with Crippen molar-refractivity contribution < 1.29 is 9.47 Å². The van der Waals surface area contributed by atoms with E-state index in [4.69, 9.17) is 9.47 Å². The van der Waals surface area contributed by atoms with Crippen molar-refractivity contribution >= 4 is 17.3 Å². The zero-order valence-electron chi connectivity index (χ0n) is 16.8. The number of nitrogens with zero attached hydrogens (tertiary/aromatic N) is 3. The Morgan fingerprint density at radius 3 is 2.63 bits per heavy atom. The number of nitrogens with one attached hydrogen (secondary N) is 2. The molecule has 0 amide bonds. The molecule has 2 aromatic heterocycles. The Morgan fingerprint density at radius 2 is 1.96 bits per heavy atom. The minimum atomic E-state index is 0.572. The lowest BCUT2D eigenvalue weighted by molar-refractivity contribution is 0.0662. The Morgan fingerprint density at radius 1 is 1.19 bits per heavy atom. The van der Waals surface area contributed by atoms with Crippen molar-refractivity contribution in [2.75, 3.05) is 51.0 Å². The maximum Gasteiger partial charge on any atom is 0.179 e. The van der Waals surface area contributed by atoms with Crippen LogP contribution in [0.2, 0.25) is 0 Å². The molecule has 0 spiro atoms. The molecule has 7 nitrogen and oxygen atoms in total. The van der Waals surface area contributed by atoms with Crippen LogP contribution in [0.15, 0.2) is 18.3 Å². The molecule has 27 heavy (non-hydrogen) atoms. The highest BCUT2D eigenvalue weighted by molar-refractivity contribution is 5.66. The van der Waals surface area contributed by atoms with Gasteiger partial charge in [0.25, 0.3) is 0 Å². The summed E-state index contributed by atoms with van der Waals surface area (Å²) in [5.74, 6) is 3.46. The van der Waals surface area contributed by atoms with E-state index >= 15 is 0 Å². The van der Waals surface area contributed by atoms with Crippen LogP contribution in [0.5, 0.6) is 11.5 Å². The zero-order chi connectivity index (χ0) is 19.4. The Hall–Kier alpha value is -2.54. The van der Waals surface area contributed by atoms with Gasteiger partial charge in [-0.15, -0.1) is 0 Å². The first-order chi connectivity index (χ1) is 13.0. The van der Waals surface area contributed by atoms with Crippen molar-refractivity contribution in [2.45, 2.75) is 20.8 Å². The predicted octanol–water partition coefficient (Wildman–Crippen LogP) is 3.22. The van der Waals surface area contributed by atoms with Crippen molar-refractivity contribution in [3.8, 4) is 11.5 Å². The SMILES string of the molecule is CCN1CC(COc2cc(Nc3cc(NC)nc(C)c3C)ncc2OC)C1. The van der Waals surface area contributed by atoms with Crippen LogP contribution in [-0.2, 0) is 0 Å². The lowest BCUT2D eigenvalue weighted by atomic mass is 10.0. The summed E-state index contributed by atoms with van der Waals surface area (Å²) in [6.45, 7) is 10.2. The van der Waals surface area contributed by atoms with Gasteiger partial charge < -0.3 is 25.0 Å². The van der Waals surface area contributed by atoms with E-state index in [0.717, 1.165) is 42.4 Å². The summed E-state index contributed by atoms with van der Waals surface area (Å²) in [6.07, 6.45) is 1.69. The molecule has 0 radical (unpaired) electrons. The van der Waals surface area contributed by atoms with E-state index in [1.54, 1.807) is 13.3 Å². The molecular weight excluding hydrogens is 342 g/mol. The molecule has 1 fully saturated rings. The van der Waals surface area contributed by atoms with E-state index < -0.39 is 0 Å². The monoisotopic (exact) mass is 371 g/mol. The number of anilines is 3. The number of methoxy groups -OCH3 is 1. The highest BCUT2D eigenvalue weighted by atomic mass is 16.5. The minimum Gasteiger partial charge on any atom is -0.491 e. The van der Waals surface area contributed by atoms with Gasteiger partial charge in [0.15, 0.2) is 11.5 Å². The Bertz CT molecular complexity index is 790. The molecule has 2 aromatic rings. The average Bonchev–Trinajstić information content (AvgIpc) is 2.64. The van der Waals surface area contributed by atoms with Gasteiger partial charge in [0.2, 0.25) is 0 Å². The minimum absolute atomic E-state index is 0.572. The van der Waals surface area contributed by atoms with Crippen molar-refractivity contribution in [2.24, 2.45) is 5.92 Å². The van der Waals surface area contributed by atoms with Crippen LogP contribution in [0.1, 0.15) is 18.2 Å². The second-order valence-corrected chi connectivity index (χ2v) is 6.89. The molecule has 0 saturated carbocycles. The van der Waals surface area contributed by atoms with Gasteiger partial charge in [0, 0.05) is 49.6 Å². The summed E-state index contributed by atoms with van der Waals surface area (Å²) in [6, 6.07) is 3.87. The molecular formula is C20H29N5O2. The van der Waals surface area contributed by atoms with Gasteiger partial charge >= 0.3 is 0 Å². The van der Waals surface area contributed by atoms with Crippen LogP contribution >= 0.6 is 0 Å². The van der Waals surface area contributed by atoms with Crippen LogP contribution in [-0.4, -0.2) is 55.3 Å². The third kappa shape index (κ3) is 4.42. The highest BCUT2D eigenvalue weighted by Crippen LogP contribution is 2.32. The second kappa shape index (κ2) is 8.43. The quantitative estimate of drug-likeness (QED) is 0.738. The van der Waals surface area contributed by atoms with Crippen LogP contribution < -0.4 is 20.1 Å². The van der Waals surface area contributed by atoms with Gasteiger partial charge in [0.05, 0.1) is 19.9 Å². The molecule has 1 aliphatic heterocycles. The van der Waals surface area contributed by atoms with Gasteiger partial charge in [-0.3, -0.25) is 0 Å². The first-order valence-electron chi connectivity index (χ1n) is 9.36. The lowest BCUT2D eigenvalue weighted by Gasteiger charge is -2.38. The standard InChI is InChI=1S/C20H29N5O2/c1-6-25-10-15(11-25)12-27-17-8-20(22-9-18(17)26-5)24-16-7-19(21-4)23-14(3)13(16)2/h7-9,15H,6,10-12H2,1-5H3,(H2,21,22,23,24). The molecule has 3 rings (SSSR count). The summed E-state index contributed by atoms with van der Waals surface area (Å²) in [5, 5.41) is 6.46. The topological polar surface area (TPSA) is 71.5 Å². The number of hydrogen-bond acceptors (Lipinski definition) is 7. The number of aromatic nitrogens is 2. The lowest BCUT2D eigenvalue weighted by Crippen LogP contribution is -2.48. The van der Waals surface area contributed by atoms with E-state index in [1.165, 1.54) is 0 Å². The molecule has 0 aliphatic carbocycles. The largest absolute Gasteiger partial charge is 0.491 e. The predicted molar refractivity (Wildman–Crippen MR) is 108 cm³/mol. The van der Waals surface area contributed by atoms with Crippen LogP contribution in [0.3, 0.4) is 0 Å². The summed E-state index contributed by atoms with van der Waals surface area (Å²) >= 11 is 0. The summed E-state index contributed by atoms with van der Waals surface area (Å²) < 4.78 is 11.5. The fourth-order valence-corrected chi connectivity index (χ4v) is 3.14. The third-order valence-electron chi connectivity index (χ3n) is 5.04. The molecule has 0 unspecified atom stereocenters. The number of likely N-dealkylation sites (tertiary alicyclic amines) is 1. The number of aryl methyl sites for hydroxylation is 1. The number of hydrogen-bond donors (Lipinski definition) is 2. The van der Waals surface area contributed by atoms with Gasteiger partial charge in [-0.2, -0.15) is 0 Å². The van der Waals surface area contributed by atoms with Crippen molar-refractivity contribution in [1.82, 2.24) is 14.9 Å². The molecule has 1 saturated heterocycles. The van der Waals surface area contributed by atoms with Crippen molar-refractivity contribution in [1.29, 1.82) is 0 Å².